The van der Waals surface area contributed by atoms with Gasteiger partial charge in [0.15, 0.2) is 11.5 Å². The molecule has 6 nitrogen and oxygen atoms in total. The zero-order valence-corrected chi connectivity index (χ0v) is 33.7. The molecule has 13 rings (SSSR count). The summed E-state index contributed by atoms with van der Waals surface area (Å²) in [5.74, 6) is 2.63. The first-order valence-corrected chi connectivity index (χ1v) is 21.2. The maximum atomic E-state index is 7.17. The highest BCUT2D eigenvalue weighted by Gasteiger charge is 2.76. The van der Waals surface area contributed by atoms with E-state index in [1.54, 1.807) is 0 Å². The van der Waals surface area contributed by atoms with Crippen molar-refractivity contribution in [2.45, 2.75) is 46.6 Å². The maximum absolute atomic E-state index is 7.17. The Hall–Kier alpha value is -6.63. The van der Waals surface area contributed by atoms with Gasteiger partial charge in [-0.15, -0.1) is 0 Å². The molecule has 0 saturated heterocycles. The van der Waals surface area contributed by atoms with Crippen LogP contribution in [0.5, 0.6) is 11.5 Å². The molecule has 0 aliphatic carbocycles. The Balaban J connectivity index is 1.22. The third-order valence-corrected chi connectivity index (χ3v) is 14.3. The smallest absolute Gasteiger partial charge is 0.318 e. The van der Waals surface area contributed by atoms with Crippen molar-refractivity contribution in [3.05, 3.63) is 158 Å². The van der Waals surface area contributed by atoms with Crippen molar-refractivity contribution in [3.63, 3.8) is 0 Å². The number of hydrogen-bond acceptors (Lipinski definition) is 3. The summed E-state index contributed by atoms with van der Waals surface area (Å²) in [6, 6.07) is 58.2. The Kier molecular flexibility index (Phi) is 6.51. The Morgan fingerprint density at radius 1 is 0.593 bits per heavy atom. The Bertz CT molecular complexity index is 3050. The van der Waals surface area contributed by atoms with E-state index in [1.807, 2.05) is 0 Å². The van der Waals surface area contributed by atoms with Gasteiger partial charge in [-0.05, 0) is 69.6 Å². The fourth-order valence-electron chi connectivity index (χ4n) is 12.1. The summed E-state index contributed by atoms with van der Waals surface area (Å²) in [6.07, 6.45) is 3.35. The second kappa shape index (κ2) is 11.5. The number of quaternary nitrogens is 1. The van der Waals surface area contributed by atoms with Gasteiger partial charge in [0.25, 0.3) is 17.5 Å². The van der Waals surface area contributed by atoms with Gasteiger partial charge in [-0.25, -0.2) is 0 Å². The number of aromatic nitrogens is 1. The number of anilines is 4. The lowest BCUT2D eigenvalue weighted by Crippen LogP contribution is -2.69. The molecule has 0 amide bonds. The predicted molar refractivity (Wildman–Crippen MR) is 241 cm³/mol. The zero-order valence-electron chi connectivity index (χ0n) is 33.7. The van der Waals surface area contributed by atoms with Gasteiger partial charge in [-0.2, -0.15) is 0 Å². The van der Waals surface area contributed by atoms with Crippen LogP contribution >= 0.6 is 0 Å². The molecule has 8 aromatic rings. The van der Waals surface area contributed by atoms with E-state index in [0.717, 1.165) is 17.9 Å². The third kappa shape index (κ3) is 4.07. The van der Waals surface area contributed by atoms with Crippen molar-refractivity contribution in [1.82, 2.24) is 9.16 Å². The van der Waals surface area contributed by atoms with Crippen LogP contribution in [-0.2, 0) is 0 Å². The molecule has 1 aromatic heterocycles. The minimum atomic E-state index is -0.256. The molecule has 5 unspecified atom stereocenters. The number of hydrogen-bond donors (Lipinski definition) is 0. The van der Waals surface area contributed by atoms with Gasteiger partial charge in [-0.1, -0.05) is 143 Å². The average Bonchev–Trinajstić information content (AvgIpc) is 3.89. The second-order valence-corrected chi connectivity index (χ2v) is 18.2. The molecule has 0 fully saturated rings. The van der Waals surface area contributed by atoms with E-state index in [9.17, 15) is 0 Å². The summed E-state index contributed by atoms with van der Waals surface area (Å²) in [5, 5.41) is 2.57. The molecule has 0 bridgehead atoms. The zero-order chi connectivity index (χ0) is 39.4. The first kappa shape index (κ1) is 33.4. The lowest BCUT2D eigenvalue weighted by Gasteiger charge is -2.48. The quantitative estimate of drug-likeness (QED) is 0.132. The maximum Gasteiger partial charge on any atom is 0.318 e. The van der Waals surface area contributed by atoms with Gasteiger partial charge in [0.2, 0.25) is 6.21 Å². The van der Waals surface area contributed by atoms with Crippen molar-refractivity contribution in [1.29, 1.82) is 0 Å². The van der Waals surface area contributed by atoms with E-state index in [-0.39, 0.29) is 17.9 Å². The third-order valence-electron chi connectivity index (χ3n) is 14.3. The molecule has 1 spiro atoms. The molecule has 0 N–H and O–H groups in total. The summed E-state index contributed by atoms with van der Waals surface area (Å²) in [7, 11) is 0. The van der Waals surface area contributed by atoms with Crippen LogP contribution in [0.4, 0.5) is 34.1 Å². The summed E-state index contributed by atoms with van der Waals surface area (Å²) < 4.78 is 13.1. The standard InChI is InChI=1S/C53H45N5O/c1-33-40(53(2,3)4)31-32-54-51(33)56-41-24-12-11-21-38(41)39-29-30-46-50(48(39)56)58(54)49-44(27-16-28-45(49)59-46)55-42-25-13-14-26-43(42)57(52(55)58)47-36(34-17-7-5-8-18-34)22-15-23-37(47)35-19-9-6-10-20-35/h5-30,32-33,40,51-52H,31H2,1-4H3/q+2. The predicted octanol–water partition coefficient (Wildman–Crippen LogP) is 13.7. The van der Waals surface area contributed by atoms with E-state index in [0.29, 0.717) is 16.4 Å². The fraction of sp³-hybridized carbons (Fsp3) is 0.189. The Morgan fingerprint density at radius 2 is 1.20 bits per heavy atom. The number of benzene rings is 7. The van der Waals surface area contributed by atoms with Crippen molar-refractivity contribution in [3.8, 4) is 33.8 Å². The SMILES string of the molecule is CC1C2n3c4ccccc4c4ccc5c(c43)[N+]3(c4c(cccc4N4c6ccccc6N(c6c(-c7ccccc7)cccc6-c6ccccc6)C43)O5)[N+]2=CCC1C(C)(C)C. The van der Waals surface area contributed by atoms with Gasteiger partial charge >= 0.3 is 6.29 Å². The molecule has 0 saturated carbocycles. The van der Waals surface area contributed by atoms with E-state index >= 15 is 0 Å². The Morgan fingerprint density at radius 3 is 1.92 bits per heavy atom. The summed E-state index contributed by atoms with van der Waals surface area (Å²) >= 11 is 0. The molecule has 5 aliphatic heterocycles. The number of ether oxygens (including phenoxy) is 1. The average molecular weight is 768 g/mol. The van der Waals surface area contributed by atoms with Gasteiger partial charge < -0.3 is 4.74 Å². The molecule has 6 heteroatoms. The van der Waals surface area contributed by atoms with Gasteiger partial charge in [0.05, 0.1) is 22.6 Å². The molecule has 0 radical (unpaired) electrons. The molecule has 5 aliphatic rings. The number of para-hydroxylation sites is 5. The van der Waals surface area contributed by atoms with Crippen molar-refractivity contribution < 1.29 is 9.42 Å². The lowest BCUT2D eigenvalue weighted by molar-refractivity contribution is -0.724. The summed E-state index contributed by atoms with van der Waals surface area (Å²) in [6.45, 7) is 9.82. The van der Waals surface area contributed by atoms with Crippen molar-refractivity contribution in [2.24, 2.45) is 17.3 Å². The highest BCUT2D eigenvalue weighted by molar-refractivity contribution is 6.15. The van der Waals surface area contributed by atoms with Gasteiger partial charge in [0.1, 0.15) is 11.2 Å². The highest BCUT2D eigenvalue weighted by Crippen LogP contribution is 2.71. The highest BCUT2D eigenvalue weighted by atomic mass is 16.5. The van der Waals surface area contributed by atoms with Gasteiger partial charge in [-0.3, -0.25) is 14.4 Å². The van der Waals surface area contributed by atoms with Crippen molar-refractivity contribution >= 4 is 62.1 Å². The normalized spacial score (nSPS) is 23.1. The number of nitrogens with zero attached hydrogens (tertiary/aromatic N) is 5. The van der Waals surface area contributed by atoms with Crippen LogP contribution in [0.2, 0.25) is 0 Å². The number of rotatable bonds is 3. The molecule has 7 aromatic carbocycles. The monoisotopic (exact) mass is 767 g/mol. The molecule has 6 heterocycles. The lowest BCUT2D eigenvalue weighted by atomic mass is 9.70. The van der Waals surface area contributed by atoms with Crippen LogP contribution in [0.25, 0.3) is 44.1 Å². The van der Waals surface area contributed by atoms with Crippen LogP contribution in [0, 0.1) is 17.3 Å². The first-order chi connectivity index (χ1) is 28.9. The topological polar surface area (TPSA) is 23.6 Å². The van der Waals surface area contributed by atoms with Crippen LogP contribution in [0.15, 0.2) is 158 Å². The van der Waals surface area contributed by atoms with E-state index in [1.165, 1.54) is 78.2 Å². The molecular formula is C53H45N5O+2. The first-order valence-electron chi connectivity index (χ1n) is 21.2. The van der Waals surface area contributed by atoms with E-state index < -0.39 is 0 Å². The van der Waals surface area contributed by atoms with E-state index in [2.05, 4.69) is 211 Å². The van der Waals surface area contributed by atoms with Crippen molar-refractivity contribution in [2.75, 3.05) is 9.80 Å². The second-order valence-electron chi connectivity index (χ2n) is 18.2. The molecule has 59 heavy (non-hydrogen) atoms. The summed E-state index contributed by atoms with van der Waals surface area (Å²) in [4.78, 5) is 5.35. The molecule has 5 atom stereocenters. The molecule has 286 valence electrons. The minimum Gasteiger partial charge on any atom is -0.444 e. The van der Waals surface area contributed by atoms with Gasteiger partial charge in [0, 0.05) is 38.8 Å². The largest absolute Gasteiger partial charge is 0.444 e. The Labute approximate surface area is 344 Å². The number of fused-ring (bicyclic) bond motifs is 9. The molecular weight excluding hydrogens is 723 g/mol. The fourth-order valence-corrected chi connectivity index (χ4v) is 12.1. The minimum absolute atomic E-state index is 0.0283. The van der Waals surface area contributed by atoms with Crippen LogP contribution in [0.1, 0.15) is 40.3 Å². The van der Waals surface area contributed by atoms with Crippen LogP contribution in [-0.4, -0.2) is 21.8 Å². The summed E-state index contributed by atoms with van der Waals surface area (Å²) in [5.41, 5.74) is 14.7. The van der Waals surface area contributed by atoms with Crippen LogP contribution < -0.4 is 19.1 Å². The van der Waals surface area contributed by atoms with Crippen LogP contribution in [0.3, 0.4) is 0 Å². The van der Waals surface area contributed by atoms with E-state index in [4.69, 9.17) is 4.74 Å².